The molecule has 0 saturated carbocycles. The zero-order chi connectivity index (χ0) is 7.65. The lowest BCUT2D eigenvalue weighted by molar-refractivity contribution is -0.0811. The Bertz CT molecular complexity index is 85.5. The maximum Gasteiger partial charge on any atom is 0.167 e. The summed E-state index contributed by atoms with van der Waals surface area (Å²) in [4.78, 5) is 0. The highest BCUT2D eigenvalue weighted by molar-refractivity contribution is 4.77. The maximum atomic E-state index is 8.59. The van der Waals surface area contributed by atoms with E-state index in [1.165, 1.54) is 0 Å². The standard InChI is InChI=1S/C6H15NO2/c1-6(2,3)4(7)5(8)9/h4-5,8-9H,7H2,1-3H3/t4-/m0/s1. The second-order valence-electron chi connectivity index (χ2n) is 3.31. The first-order valence-corrected chi connectivity index (χ1v) is 2.97. The summed E-state index contributed by atoms with van der Waals surface area (Å²) in [6.45, 7) is 5.57. The Labute approximate surface area is 55.5 Å². The van der Waals surface area contributed by atoms with Crippen LogP contribution in [0.4, 0.5) is 0 Å². The lowest BCUT2D eigenvalue weighted by atomic mass is 9.87. The van der Waals surface area contributed by atoms with Gasteiger partial charge in [-0.15, -0.1) is 0 Å². The molecule has 0 aliphatic heterocycles. The van der Waals surface area contributed by atoms with Crippen LogP contribution in [-0.2, 0) is 0 Å². The Morgan fingerprint density at radius 2 is 1.56 bits per heavy atom. The van der Waals surface area contributed by atoms with Gasteiger partial charge in [0.15, 0.2) is 6.29 Å². The van der Waals surface area contributed by atoms with Gasteiger partial charge in [0, 0.05) is 0 Å². The van der Waals surface area contributed by atoms with Crippen LogP contribution in [-0.4, -0.2) is 22.5 Å². The Balaban J connectivity index is 3.88. The van der Waals surface area contributed by atoms with E-state index in [9.17, 15) is 0 Å². The largest absolute Gasteiger partial charge is 0.367 e. The van der Waals surface area contributed by atoms with E-state index < -0.39 is 12.3 Å². The molecule has 0 aromatic rings. The molecule has 0 saturated heterocycles. The zero-order valence-corrected chi connectivity index (χ0v) is 6.13. The number of hydrogen-bond acceptors (Lipinski definition) is 3. The van der Waals surface area contributed by atoms with E-state index in [2.05, 4.69) is 0 Å². The molecule has 1 atom stereocenters. The summed E-state index contributed by atoms with van der Waals surface area (Å²) in [6, 6.07) is -0.572. The average molecular weight is 133 g/mol. The third kappa shape index (κ3) is 2.79. The minimum Gasteiger partial charge on any atom is -0.367 e. The van der Waals surface area contributed by atoms with Crippen molar-refractivity contribution in [2.45, 2.75) is 33.1 Å². The quantitative estimate of drug-likeness (QED) is 0.429. The number of rotatable bonds is 1. The van der Waals surface area contributed by atoms with Crippen LogP contribution < -0.4 is 5.73 Å². The summed E-state index contributed by atoms with van der Waals surface area (Å²) in [5, 5.41) is 17.2. The van der Waals surface area contributed by atoms with Gasteiger partial charge >= 0.3 is 0 Å². The van der Waals surface area contributed by atoms with Crippen LogP contribution in [0.25, 0.3) is 0 Å². The minimum absolute atomic E-state index is 0.242. The van der Waals surface area contributed by atoms with E-state index in [1.807, 2.05) is 20.8 Å². The SMILES string of the molecule is CC(C)(C)[C@@H](N)C(O)O. The molecule has 0 amide bonds. The number of nitrogens with two attached hydrogens (primary N) is 1. The highest BCUT2D eigenvalue weighted by atomic mass is 16.5. The normalized spacial score (nSPS) is 16.3. The molecule has 0 unspecified atom stereocenters. The molecule has 3 heteroatoms. The van der Waals surface area contributed by atoms with Crippen LogP contribution in [0.5, 0.6) is 0 Å². The molecule has 0 aliphatic rings. The lowest BCUT2D eigenvalue weighted by Gasteiger charge is -2.27. The summed E-state index contributed by atoms with van der Waals surface area (Å²) < 4.78 is 0. The third-order valence-electron chi connectivity index (χ3n) is 1.32. The molecule has 0 rings (SSSR count). The molecule has 0 spiro atoms. The fraction of sp³-hybridized carbons (Fsp3) is 1.00. The Hall–Kier alpha value is -0.120. The van der Waals surface area contributed by atoms with E-state index in [0.29, 0.717) is 0 Å². The predicted molar refractivity (Wildman–Crippen MR) is 35.7 cm³/mol. The van der Waals surface area contributed by atoms with Crippen LogP contribution >= 0.6 is 0 Å². The Kier molecular flexibility index (Phi) is 2.61. The van der Waals surface area contributed by atoms with E-state index >= 15 is 0 Å². The molecule has 4 N–H and O–H groups in total. The van der Waals surface area contributed by atoms with Crippen LogP contribution in [0.2, 0.25) is 0 Å². The molecule has 0 aromatic carbocycles. The fourth-order valence-electron chi connectivity index (χ4n) is 0.447. The van der Waals surface area contributed by atoms with E-state index in [4.69, 9.17) is 15.9 Å². The molecule has 0 radical (unpaired) electrons. The third-order valence-corrected chi connectivity index (χ3v) is 1.32. The highest BCUT2D eigenvalue weighted by Crippen LogP contribution is 2.18. The summed E-state index contributed by atoms with van der Waals surface area (Å²) in [6.07, 6.45) is -1.41. The molecular formula is C6H15NO2. The number of hydrogen-bond donors (Lipinski definition) is 3. The maximum absolute atomic E-state index is 8.59. The summed E-state index contributed by atoms with van der Waals surface area (Å²) in [5.74, 6) is 0. The summed E-state index contributed by atoms with van der Waals surface area (Å²) in [7, 11) is 0. The van der Waals surface area contributed by atoms with Crippen molar-refractivity contribution in [2.75, 3.05) is 0 Å². The fourth-order valence-corrected chi connectivity index (χ4v) is 0.447. The van der Waals surface area contributed by atoms with Crippen molar-refractivity contribution in [3.63, 3.8) is 0 Å². The smallest absolute Gasteiger partial charge is 0.167 e. The van der Waals surface area contributed by atoms with Crippen molar-refractivity contribution in [2.24, 2.45) is 11.1 Å². The first-order chi connectivity index (χ1) is 3.85. The van der Waals surface area contributed by atoms with Crippen molar-refractivity contribution in [3.8, 4) is 0 Å². The van der Waals surface area contributed by atoms with Gasteiger partial charge in [-0.3, -0.25) is 0 Å². The predicted octanol–water partition coefficient (Wildman–Crippen LogP) is -0.329. The molecule has 0 fully saturated rings. The first kappa shape index (κ1) is 8.88. The van der Waals surface area contributed by atoms with Gasteiger partial charge in [0.05, 0.1) is 6.04 Å². The van der Waals surface area contributed by atoms with Crippen molar-refractivity contribution >= 4 is 0 Å². The Morgan fingerprint density at radius 3 is 1.56 bits per heavy atom. The van der Waals surface area contributed by atoms with Crippen LogP contribution in [0.15, 0.2) is 0 Å². The number of aliphatic hydroxyl groups excluding tert-OH is 1. The molecule has 0 bridgehead atoms. The second-order valence-corrected chi connectivity index (χ2v) is 3.31. The van der Waals surface area contributed by atoms with Crippen LogP contribution in [0.1, 0.15) is 20.8 Å². The van der Waals surface area contributed by atoms with Crippen molar-refractivity contribution < 1.29 is 10.2 Å². The molecule has 9 heavy (non-hydrogen) atoms. The number of aliphatic hydroxyl groups is 2. The summed E-state index contributed by atoms with van der Waals surface area (Å²) in [5.41, 5.74) is 5.15. The molecule has 0 aliphatic carbocycles. The lowest BCUT2D eigenvalue weighted by Crippen LogP contribution is -2.44. The molecule has 0 aromatic heterocycles. The van der Waals surface area contributed by atoms with E-state index in [-0.39, 0.29) is 5.41 Å². The van der Waals surface area contributed by atoms with Crippen LogP contribution in [0, 0.1) is 5.41 Å². The van der Waals surface area contributed by atoms with Gasteiger partial charge in [-0.2, -0.15) is 0 Å². The highest BCUT2D eigenvalue weighted by Gasteiger charge is 2.25. The average Bonchev–Trinajstić information content (AvgIpc) is 1.62. The molecule has 0 heterocycles. The van der Waals surface area contributed by atoms with Gasteiger partial charge in [0.25, 0.3) is 0 Å². The van der Waals surface area contributed by atoms with Gasteiger partial charge in [0.1, 0.15) is 0 Å². The van der Waals surface area contributed by atoms with Gasteiger partial charge in [0.2, 0.25) is 0 Å². The molecular weight excluding hydrogens is 118 g/mol. The van der Waals surface area contributed by atoms with Gasteiger partial charge in [-0.25, -0.2) is 0 Å². The first-order valence-electron chi connectivity index (χ1n) is 2.97. The van der Waals surface area contributed by atoms with Gasteiger partial charge in [-0.05, 0) is 5.41 Å². The van der Waals surface area contributed by atoms with E-state index in [0.717, 1.165) is 0 Å². The van der Waals surface area contributed by atoms with Gasteiger partial charge < -0.3 is 15.9 Å². The summed E-state index contributed by atoms with van der Waals surface area (Å²) >= 11 is 0. The second kappa shape index (κ2) is 2.64. The zero-order valence-electron chi connectivity index (χ0n) is 6.13. The van der Waals surface area contributed by atoms with Gasteiger partial charge in [-0.1, -0.05) is 20.8 Å². The minimum atomic E-state index is -1.41. The van der Waals surface area contributed by atoms with Crippen molar-refractivity contribution in [1.82, 2.24) is 0 Å². The topological polar surface area (TPSA) is 66.5 Å². The van der Waals surface area contributed by atoms with Crippen LogP contribution in [0.3, 0.4) is 0 Å². The van der Waals surface area contributed by atoms with Crippen molar-refractivity contribution in [1.29, 1.82) is 0 Å². The molecule has 56 valence electrons. The van der Waals surface area contributed by atoms with Crippen molar-refractivity contribution in [3.05, 3.63) is 0 Å². The Morgan fingerprint density at radius 1 is 1.22 bits per heavy atom. The monoisotopic (exact) mass is 133 g/mol. The molecule has 3 nitrogen and oxygen atoms in total. The van der Waals surface area contributed by atoms with E-state index in [1.54, 1.807) is 0 Å².